The van der Waals surface area contributed by atoms with Gasteiger partial charge in [0.1, 0.15) is 0 Å². The van der Waals surface area contributed by atoms with Crippen LogP contribution in [0.5, 0.6) is 0 Å². The lowest BCUT2D eigenvalue weighted by atomic mass is 9.73. The van der Waals surface area contributed by atoms with E-state index in [2.05, 4.69) is 135 Å². The molecule has 9 rings (SSSR count). The van der Waals surface area contributed by atoms with Gasteiger partial charge in [0.15, 0.2) is 11.6 Å². The smallest absolute Gasteiger partial charge is 0.193 e. The van der Waals surface area contributed by atoms with Crippen LogP contribution >= 0.6 is 0 Å². The van der Waals surface area contributed by atoms with Gasteiger partial charge in [-0.2, -0.15) is 0 Å². The lowest BCUT2D eigenvalue weighted by Crippen LogP contribution is -2.30. The van der Waals surface area contributed by atoms with Gasteiger partial charge in [0.2, 0.25) is 0 Å². The Labute approximate surface area is 317 Å². The molecule has 0 aromatic heterocycles. The number of carbonyl (C=O) groups is 2. The van der Waals surface area contributed by atoms with Gasteiger partial charge in [0.05, 0.1) is 22.7 Å². The van der Waals surface area contributed by atoms with Crippen LogP contribution in [0.2, 0.25) is 0 Å². The van der Waals surface area contributed by atoms with Crippen molar-refractivity contribution in [3.63, 3.8) is 0 Å². The number of rotatable bonds is 6. The van der Waals surface area contributed by atoms with E-state index in [1.807, 2.05) is 48.5 Å². The zero-order chi connectivity index (χ0) is 37.2. The molecule has 0 fully saturated rings. The first-order valence-corrected chi connectivity index (χ1v) is 18.5. The van der Waals surface area contributed by atoms with Crippen molar-refractivity contribution in [2.45, 2.75) is 38.5 Å². The minimum absolute atomic E-state index is 0.0873. The highest BCUT2D eigenvalue weighted by Gasteiger charge is 2.37. The number of hydrogen-bond acceptors (Lipinski definition) is 4. The molecule has 2 aliphatic rings. The number of para-hydroxylation sites is 4. The van der Waals surface area contributed by atoms with Crippen molar-refractivity contribution in [1.29, 1.82) is 0 Å². The Bertz CT molecular complexity index is 2300. The third-order valence-electron chi connectivity index (χ3n) is 11.5. The Morgan fingerprint density at radius 3 is 0.815 bits per heavy atom. The zero-order valence-electron chi connectivity index (χ0n) is 30.9. The topological polar surface area (TPSA) is 40.6 Å². The zero-order valence-corrected chi connectivity index (χ0v) is 30.9. The lowest BCUT2D eigenvalue weighted by molar-refractivity contribution is 0.102. The van der Waals surface area contributed by atoms with E-state index in [-0.39, 0.29) is 22.4 Å². The standard InChI is InChI=1S/C50H40N2O2/c1-49(2)39-13-5-9-17-43(39)51(44-18-10-6-14-40(44)49)37-29-25-35(26-30-37)47(53)33-21-23-34(24-22-33)48(54)36-27-31-38(32-28-36)52-45-19-11-7-15-41(45)50(3,4)42-16-8-12-20-46(42)52/h5-32H,1-4H3. The fraction of sp³-hybridized carbons (Fsp3) is 0.120. The third-order valence-corrected chi connectivity index (χ3v) is 11.5. The molecule has 0 aliphatic carbocycles. The second-order valence-electron chi connectivity index (χ2n) is 15.3. The molecule has 0 radical (unpaired) electrons. The van der Waals surface area contributed by atoms with E-state index in [1.54, 1.807) is 24.3 Å². The Morgan fingerprint density at radius 1 is 0.333 bits per heavy atom. The van der Waals surface area contributed by atoms with E-state index in [4.69, 9.17) is 0 Å². The summed E-state index contributed by atoms with van der Waals surface area (Å²) in [5.41, 5.74) is 13.6. The maximum Gasteiger partial charge on any atom is 0.193 e. The monoisotopic (exact) mass is 700 g/mol. The summed E-state index contributed by atoms with van der Waals surface area (Å²) in [5.74, 6) is -0.175. The van der Waals surface area contributed by atoms with Gasteiger partial charge in [-0.05, 0) is 95.1 Å². The summed E-state index contributed by atoms with van der Waals surface area (Å²) in [6.45, 7) is 9.09. The minimum atomic E-state index is -0.138. The van der Waals surface area contributed by atoms with Crippen LogP contribution in [0.15, 0.2) is 170 Å². The summed E-state index contributed by atoms with van der Waals surface area (Å²) >= 11 is 0. The average Bonchev–Trinajstić information content (AvgIpc) is 3.21. The number of nitrogens with zero attached hydrogens (tertiary/aromatic N) is 2. The quantitative estimate of drug-likeness (QED) is 0.162. The van der Waals surface area contributed by atoms with Crippen molar-refractivity contribution >= 4 is 45.7 Å². The normalized spacial score (nSPS) is 14.7. The van der Waals surface area contributed by atoms with Crippen molar-refractivity contribution in [1.82, 2.24) is 0 Å². The van der Waals surface area contributed by atoms with Crippen LogP contribution in [0, 0.1) is 0 Å². The summed E-state index contributed by atoms with van der Waals surface area (Å²) in [7, 11) is 0. The Morgan fingerprint density at radius 2 is 0.556 bits per heavy atom. The molecule has 0 amide bonds. The average molecular weight is 701 g/mol. The first-order valence-electron chi connectivity index (χ1n) is 18.5. The van der Waals surface area contributed by atoms with Crippen LogP contribution in [-0.4, -0.2) is 11.6 Å². The van der Waals surface area contributed by atoms with Crippen LogP contribution in [0.1, 0.15) is 81.8 Å². The predicted octanol–water partition coefficient (Wildman–Crippen LogP) is 12.4. The number of fused-ring (bicyclic) bond motifs is 4. The molecule has 0 atom stereocenters. The molecule has 262 valence electrons. The van der Waals surface area contributed by atoms with Gasteiger partial charge in [0.25, 0.3) is 0 Å². The molecule has 4 nitrogen and oxygen atoms in total. The molecule has 0 spiro atoms. The molecular formula is C50H40N2O2. The van der Waals surface area contributed by atoms with Crippen LogP contribution in [-0.2, 0) is 10.8 Å². The summed E-state index contributed by atoms with van der Waals surface area (Å²) < 4.78 is 0. The van der Waals surface area contributed by atoms with Gasteiger partial charge in [-0.1, -0.05) is 125 Å². The van der Waals surface area contributed by atoms with Gasteiger partial charge < -0.3 is 9.80 Å². The van der Waals surface area contributed by atoms with Gasteiger partial charge >= 0.3 is 0 Å². The highest BCUT2D eigenvalue weighted by atomic mass is 16.1. The molecular weight excluding hydrogens is 661 g/mol. The highest BCUT2D eigenvalue weighted by Crippen LogP contribution is 2.53. The molecule has 0 saturated carbocycles. The van der Waals surface area contributed by atoms with Gasteiger partial charge in [-0.3, -0.25) is 9.59 Å². The number of anilines is 6. The van der Waals surface area contributed by atoms with E-state index >= 15 is 0 Å². The second kappa shape index (κ2) is 12.6. The first-order chi connectivity index (χ1) is 26.1. The molecule has 0 unspecified atom stereocenters. The largest absolute Gasteiger partial charge is 0.310 e. The number of hydrogen-bond donors (Lipinski definition) is 0. The minimum Gasteiger partial charge on any atom is -0.310 e. The summed E-state index contributed by atoms with van der Waals surface area (Å²) in [4.78, 5) is 31.9. The van der Waals surface area contributed by atoms with Crippen molar-refractivity contribution in [3.05, 3.63) is 214 Å². The number of ketones is 2. The lowest BCUT2D eigenvalue weighted by Gasteiger charge is -2.42. The predicted molar refractivity (Wildman–Crippen MR) is 220 cm³/mol. The molecule has 54 heavy (non-hydrogen) atoms. The van der Waals surface area contributed by atoms with Crippen molar-refractivity contribution in [2.24, 2.45) is 0 Å². The molecule has 0 bridgehead atoms. The van der Waals surface area contributed by atoms with Gasteiger partial charge in [-0.25, -0.2) is 0 Å². The fourth-order valence-electron chi connectivity index (χ4n) is 8.52. The number of carbonyl (C=O) groups excluding carboxylic acids is 2. The summed E-state index contributed by atoms with van der Waals surface area (Å²) in [6.07, 6.45) is 0. The van der Waals surface area contributed by atoms with Gasteiger partial charge in [0, 0.05) is 44.5 Å². The Balaban J connectivity index is 0.946. The number of benzene rings is 7. The molecule has 4 heteroatoms. The third kappa shape index (κ3) is 5.21. The molecule has 2 heterocycles. The Kier molecular flexibility index (Phi) is 7.75. The molecule has 0 N–H and O–H groups in total. The highest BCUT2D eigenvalue weighted by molar-refractivity contribution is 6.12. The molecule has 7 aromatic rings. The molecule has 0 saturated heterocycles. The van der Waals surface area contributed by atoms with Crippen LogP contribution in [0.3, 0.4) is 0 Å². The van der Waals surface area contributed by atoms with Crippen molar-refractivity contribution in [3.8, 4) is 0 Å². The fourth-order valence-corrected chi connectivity index (χ4v) is 8.52. The van der Waals surface area contributed by atoms with Crippen LogP contribution in [0.4, 0.5) is 34.1 Å². The Hall–Kier alpha value is -6.52. The van der Waals surface area contributed by atoms with E-state index in [9.17, 15) is 9.59 Å². The van der Waals surface area contributed by atoms with Crippen molar-refractivity contribution in [2.75, 3.05) is 9.80 Å². The summed E-state index contributed by atoms with van der Waals surface area (Å²) in [6, 6.07) is 56.8. The summed E-state index contributed by atoms with van der Waals surface area (Å²) in [5, 5.41) is 0. The van der Waals surface area contributed by atoms with E-state index in [0.717, 1.165) is 34.1 Å². The maximum absolute atomic E-state index is 13.7. The molecule has 2 aliphatic heterocycles. The second-order valence-corrected chi connectivity index (χ2v) is 15.3. The van der Waals surface area contributed by atoms with Crippen LogP contribution < -0.4 is 9.80 Å². The van der Waals surface area contributed by atoms with Crippen molar-refractivity contribution < 1.29 is 9.59 Å². The van der Waals surface area contributed by atoms with Crippen LogP contribution in [0.25, 0.3) is 0 Å². The van der Waals surface area contributed by atoms with E-state index < -0.39 is 0 Å². The molecule has 7 aromatic carbocycles. The first kappa shape index (κ1) is 33.3. The maximum atomic E-state index is 13.7. The van der Waals surface area contributed by atoms with Gasteiger partial charge in [-0.15, -0.1) is 0 Å². The SMILES string of the molecule is CC1(C)c2ccccc2N(c2ccc(C(=O)c3ccc(C(=O)c4ccc(N5c6ccccc6C(C)(C)c6ccccc65)cc4)cc3)cc2)c2ccccc21. The van der Waals surface area contributed by atoms with E-state index in [0.29, 0.717) is 22.3 Å². The van der Waals surface area contributed by atoms with E-state index in [1.165, 1.54) is 22.3 Å².